The lowest BCUT2D eigenvalue weighted by Crippen LogP contribution is -2.67. The van der Waals surface area contributed by atoms with Crippen LogP contribution in [0.4, 0.5) is 0 Å². The zero-order valence-corrected chi connectivity index (χ0v) is 22.2. The highest BCUT2D eigenvalue weighted by molar-refractivity contribution is 5.87. The molecular weight excluding hydrogens is 480 g/mol. The van der Waals surface area contributed by atoms with Crippen molar-refractivity contribution in [3.8, 4) is 34.5 Å². The molecule has 1 fully saturated rings. The topological polar surface area (TPSA) is 121 Å². The Labute approximate surface area is 215 Å². The molecule has 0 aromatic heterocycles. The third-order valence-electron chi connectivity index (χ3n) is 8.47. The van der Waals surface area contributed by atoms with E-state index in [4.69, 9.17) is 18.9 Å². The average Bonchev–Trinajstić information content (AvgIpc) is 2.89. The minimum absolute atomic E-state index is 0.0512. The number of aliphatic hydroxyl groups is 1. The maximum atomic E-state index is 14.1. The van der Waals surface area contributed by atoms with Crippen molar-refractivity contribution in [2.24, 2.45) is 0 Å². The molecule has 200 valence electrons. The third-order valence-corrected chi connectivity index (χ3v) is 8.47. The van der Waals surface area contributed by atoms with Gasteiger partial charge in [-0.1, -0.05) is 0 Å². The van der Waals surface area contributed by atoms with Crippen LogP contribution >= 0.6 is 0 Å². The highest BCUT2D eigenvalue weighted by Gasteiger charge is 2.56. The van der Waals surface area contributed by atoms with Gasteiger partial charge in [0.1, 0.15) is 11.5 Å². The molecule has 3 heterocycles. The summed E-state index contributed by atoms with van der Waals surface area (Å²) in [4.78, 5) is 17.8. The van der Waals surface area contributed by atoms with Crippen LogP contribution in [-0.4, -0.2) is 85.2 Å². The van der Waals surface area contributed by atoms with E-state index in [1.165, 1.54) is 21.3 Å². The van der Waals surface area contributed by atoms with E-state index >= 15 is 0 Å². The molecule has 2 bridgehead atoms. The van der Waals surface area contributed by atoms with Crippen molar-refractivity contribution < 1.29 is 39.1 Å². The molecule has 2 aromatic rings. The van der Waals surface area contributed by atoms with Crippen LogP contribution in [0, 0.1) is 13.8 Å². The van der Waals surface area contributed by atoms with Crippen LogP contribution in [0.2, 0.25) is 0 Å². The number of carbonyl (C=O) groups excluding carboxylic acids is 1. The number of rotatable bonds is 5. The van der Waals surface area contributed by atoms with Crippen LogP contribution in [0.1, 0.15) is 45.5 Å². The van der Waals surface area contributed by atoms with E-state index in [0.29, 0.717) is 57.2 Å². The molecule has 0 saturated carbocycles. The second kappa shape index (κ2) is 8.88. The Balaban J connectivity index is 1.81. The van der Waals surface area contributed by atoms with Gasteiger partial charge in [0.05, 0.1) is 59.2 Å². The summed E-state index contributed by atoms with van der Waals surface area (Å²) in [5.74, 6) is 1.70. The summed E-state index contributed by atoms with van der Waals surface area (Å²) >= 11 is 0. The number of amides is 1. The molecule has 37 heavy (non-hydrogen) atoms. The number of carbonyl (C=O) groups is 1. The summed E-state index contributed by atoms with van der Waals surface area (Å²) < 4.78 is 22.8. The molecule has 10 nitrogen and oxygen atoms in total. The number of benzene rings is 2. The maximum absolute atomic E-state index is 14.1. The molecule has 2 aromatic carbocycles. The molecule has 0 unspecified atom stereocenters. The molecule has 3 N–H and O–H groups in total. The summed E-state index contributed by atoms with van der Waals surface area (Å²) in [6.07, 6.45) is 0.577. The van der Waals surface area contributed by atoms with Gasteiger partial charge in [-0.15, -0.1) is 0 Å². The number of nitrogens with zero attached hydrogens (tertiary/aromatic N) is 2. The van der Waals surface area contributed by atoms with Crippen LogP contribution in [-0.2, 0) is 17.6 Å². The van der Waals surface area contributed by atoms with E-state index in [-0.39, 0.29) is 30.4 Å². The summed E-state index contributed by atoms with van der Waals surface area (Å²) in [6, 6.07) is -2.18. The molecule has 1 amide bonds. The second-order valence-electron chi connectivity index (χ2n) is 9.91. The highest BCUT2D eigenvalue weighted by atomic mass is 16.5. The summed E-state index contributed by atoms with van der Waals surface area (Å²) in [5.41, 5.74) is 3.64. The van der Waals surface area contributed by atoms with E-state index in [9.17, 15) is 20.1 Å². The predicted octanol–water partition coefficient (Wildman–Crippen LogP) is 2.15. The molecule has 3 aliphatic heterocycles. The van der Waals surface area contributed by atoms with Gasteiger partial charge < -0.3 is 39.2 Å². The first-order valence-corrected chi connectivity index (χ1v) is 12.3. The van der Waals surface area contributed by atoms with Gasteiger partial charge in [0.25, 0.3) is 0 Å². The van der Waals surface area contributed by atoms with Gasteiger partial charge in [-0.2, -0.15) is 0 Å². The van der Waals surface area contributed by atoms with Crippen molar-refractivity contribution in [2.45, 2.75) is 50.9 Å². The zero-order chi connectivity index (χ0) is 26.9. The number of likely N-dealkylation sites (N-methyl/N-ethyl adjacent to an activating group) is 1. The van der Waals surface area contributed by atoms with Crippen molar-refractivity contribution in [2.75, 3.05) is 42.1 Å². The average molecular weight is 515 g/mol. The van der Waals surface area contributed by atoms with Gasteiger partial charge in [0.2, 0.25) is 5.91 Å². The van der Waals surface area contributed by atoms with Gasteiger partial charge in [0, 0.05) is 39.8 Å². The molecule has 4 atom stereocenters. The van der Waals surface area contributed by atoms with Crippen LogP contribution in [0.25, 0.3) is 0 Å². The number of phenolic OH excluding ortho intramolecular Hbond substituents is 2. The molecule has 3 aliphatic rings. The molecule has 0 spiro atoms. The Morgan fingerprint density at radius 3 is 1.78 bits per heavy atom. The first-order valence-electron chi connectivity index (χ1n) is 12.3. The summed E-state index contributed by atoms with van der Waals surface area (Å²) in [6.45, 7) is 3.14. The van der Waals surface area contributed by atoms with Crippen LogP contribution in [0.3, 0.4) is 0 Å². The minimum atomic E-state index is -0.760. The number of aromatic hydroxyl groups is 2. The van der Waals surface area contributed by atoms with E-state index in [2.05, 4.69) is 0 Å². The van der Waals surface area contributed by atoms with E-state index in [0.717, 1.165) is 5.56 Å². The molecule has 0 radical (unpaired) electrons. The van der Waals surface area contributed by atoms with Crippen molar-refractivity contribution in [3.63, 3.8) is 0 Å². The van der Waals surface area contributed by atoms with Crippen molar-refractivity contribution in [3.05, 3.63) is 33.4 Å². The number of hydrogen-bond donors (Lipinski definition) is 3. The summed E-state index contributed by atoms with van der Waals surface area (Å²) in [5, 5.41) is 33.1. The smallest absolute Gasteiger partial charge is 0.241 e. The number of aliphatic hydroxyl groups excluding tert-OH is 1. The number of methoxy groups -OCH3 is 4. The summed E-state index contributed by atoms with van der Waals surface area (Å²) in [7, 11) is 7.98. The van der Waals surface area contributed by atoms with Crippen molar-refractivity contribution in [1.29, 1.82) is 0 Å². The Hall–Kier alpha value is -3.37. The molecule has 0 aliphatic carbocycles. The Bertz CT molecular complexity index is 1290. The lowest BCUT2D eigenvalue weighted by Gasteiger charge is -2.57. The Kier molecular flexibility index (Phi) is 6.07. The van der Waals surface area contributed by atoms with Crippen molar-refractivity contribution >= 4 is 5.91 Å². The first kappa shape index (κ1) is 25.3. The van der Waals surface area contributed by atoms with E-state index < -0.39 is 24.2 Å². The third kappa shape index (κ3) is 3.15. The van der Waals surface area contributed by atoms with Crippen LogP contribution in [0.5, 0.6) is 34.5 Å². The van der Waals surface area contributed by atoms with Gasteiger partial charge in [-0.25, -0.2) is 0 Å². The predicted molar refractivity (Wildman–Crippen MR) is 134 cm³/mol. The Morgan fingerprint density at radius 1 is 0.811 bits per heavy atom. The fourth-order valence-corrected chi connectivity index (χ4v) is 6.83. The number of fused-ring (bicyclic) bond motifs is 7. The fraction of sp³-hybridized carbons (Fsp3) is 0.519. The van der Waals surface area contributed by atoms with Crippen LogP contribution in [0.15, 0.2) is 0 Å². The number of hydrogen-bond acceptors (Lipinski definition) is 9. The standard InChI is InChI=1S/C27H34N2O8/c1-11-21(31)13-8-15-20-19-14(22(32)12(2)24(35-5)26(19)37-7)9-16(28(20)3)27(33)29(15)17(10-30)18(13)25(36-6)23(11)34-4/h15-17,20,30-32H,8-10H2,1-7H3/t15-,16-,17-,20-/m1/s1. The minimum Gasteiger partial charge on any atom is -0.507 e. The molecule has 10 heteroatoms. The zero-order valence-electron chi connectivity index (χ0n) is 22.2. The number of ether oxygens (including phenoxy) is 4. The largest absolute Gasteiger partial charge is 0.507 e. The maximum Gasteiger partial charge on any atom is 0.241 e. The second-order valence-corrected chi connectivity index (χ2v) is 9.91. The van der Waals surface area contributed by atoms with Gasteiger partial charge in [0.15, 0.2) is 23.0 Å². The van der Waals surface area contributed by atoms with Crippen LogP contribution < -0.4 is 18.9 Å². The fourth-order valence-electron chi connectivity index (χ4n) is 6.83. The first-order chi connectivity index (χ1) is 17.7. The molecular formula is C27H34N2O8. The number of piperazine rings is 1. The Morgan fingerprint density at radius 2 is 1.30 bits per heavy atom. The van der Waals surface area contributed by atoms with Gasteiger partial charge in [-0.05, 0) is 27.3 Å². The lowest BCUT2D eigenvalue weighted by atomic mass is 9.73. The monoisotopic (exact) mass is 514 g/mol. The van der Waals surface area contributed by atoms with E-state index in [1.54, 1.807) is 25.9 Å². The molecule has 5 rings (SSSR count). The highest BCUT2D eigenvalue weighted by Crippen LogP contribution is 2.58. The quantitative estimate of drug-likeness (QED) is 0.551. The van der Waals surface area contributed by atoms with Gasteiger partial charge >= 0.3 is 0 Å². The normalized spacial score (nSPS) is 24.2. The van der Waals surface area contributed by atoms with Crippen molar-refractivity contribution in [1.82, 2.24) is 9.80 Å². The molecule has 1 saturated heterocycles. The SMILES string of the molecule is COc1c(C)c(O)c2c(c1OC)[C@@H](CO)N1C(=O)[C@H]3Cc4c(O)c(C)c(OC)c(OC)c4[C@@H]([C@H]1C2)N3C. The number of phenols is 2. The van der Waals surface area contributed by atoms with Gasteiger partial charge in [-0.3, -0.25) is 9.69 Å². The van der Waals surface area contributed by atoms with E-state index in [1.807, 2.05) is 11.9 Å². The lowest BCUT2D eigenvalue weighted by molar-refractivity contribution is -0.158.